The second-order valence-electron chi connectivity index (χ2n) is 7.21. The summed E-state index contributed by atoms with van der Waals surface area (Å²) in [7, 11) is 0. The average molecular weight is 355 g/mol. The zero-order chi connectivity index (χ0) is 18.1. The molecule has 26 heavy (non-hydrogen) atoms. The number of rotatable bonds is 5. The van der Waals surface area contributed by atoms with Gasteiger partial charge in [0.05, 0.1) is 35.8 Å². The molecule has 1 aliphatic heterocycles. The van der Waals surface area contributed by atoms with Crippen molar-refractivity contribution >= 4 is 5.91 Å². The van der Waals surface area contributed by atoms with E-state index < -0.39 is 0 Å². The predicted octanol–water partition coefficient (Wildman–Crippen LogP) is 3.31. The van der Waals surface area contributed by atoms with Crippen LogP contribution in [0.15, 0.2) is 22.7 Å². The molecule has 2 aromatic rings. The van der Waals surface area contributed by atoms with Gasteiger partial charge < -0.3 is 14.2 Å². The molecule has 0 spiro atoms. The molecule has 6 nitrogen and oxygen atoms in total. The average Bonchev–Trinajstić information content (AvgIpc) is 3.41. The molecule has 4 rings (SSSR count). The lowest BCUT2D eigenvalue weighted by molar-refractivity contribution is -0.139. The van der Waals surface area contributed by atoms with E-state index in [0.29, 0.717) is 32.0 Å². The summed E-state index contributed by atoms with van der Waals surface area (Å²) in [6.45, 7) is 5.78. The lowest BCUT2D eigenvalue weighted by Crippen LogP contribution is -2.42. The standard InChI is InChI=1S/C20H25N3O3/c1-3-17-20(13(2)22-26-17)16-6-4-5-15(21-16)18-12-23(9-10-25-18)19(24)11-14-7-8-14/h4-6,14,18H,3,7-12H2,1-2H3/t18-/m1/s1. The largest absolute Gasteiger partial charge is 0.368 e. The highest BCUT2D eigenvalue weighted by Gasteiger charge is 2.31. The van der Waals surface area contributed by atoms with Gasteiger partial charge in [0.2, 0.25) is 5.91 Å². The van der Waals surface area contributed by atoms with E-state index >= 15 is 0 Å². The fourth-order valence-corrected chi connectivity index (χ4v) is 3.51. The summed E-state index contributed by atoms with van der Waals surface area (Å²) in [6.07, 6.45) is 3.66. The van der Waals surface area contributed by atoms with Crippen LogP contribution in [-0.2, 0) is 16.0 Å². The van der Waals surface area contributed by atoms with Crippen molar-refractivity contribution in [3.63, 3.8) is 0 Å². The summed E-state index contributed by atoms with van der Waals surface area (Å²) in [6, 6.07) is 5.93. The number of aryl methyl sites for hydroxylation is 2. The Kier molecular flexibility index (Phi) is 4.76. The van der Waals surface area contributed by atoms with E-state index in [1.165, 1.54) is 12.8 Å². The fourth-order valence-electron chi connectivity index (χ4n) is 3.51. The molecule has 3 heterocycles. The second kappa shape index (κ2) is 7.19. The molecular weight excluding hydrogens is 330 g/mol. The monoisotopic (exact) mass is 355 g/mol. The minimum absolute atomic E-state index is 0.183. The van der Waals surface area contributed by atoms with Crippen LogP contribution in [0.3, 0.4) is 0 Å². The Labute approximate surface area is 153 Å². The zero-order valence-electron chi connectivity index (χ0n) is 15.4. The maximum Gasteiger partial charge on any atom is 0.223 e. The third-order valence-corrected chi connectivity index (χ3v) is 5.19. The van der Waals surface area contributed by atoms with Gasteiger partial charge in [0.1, 0.15) is 11.9 Å². The highest BCUT2D eigenvalue weighted by atomic mass is 16.5. The van der Waals surface area contributed by atoms with Crippen LogP contribution < -0.4 is 0 Å². The first kappa shape index (κ1) is 17.2. The van der Waals surface area contributed by atoms with E-state index in [-0.39, 0.29) is 12.0 Å². The molecule has 0 radical (unpaired) electrons. The molecule has 0 aromatic carbocycles. The molecule has 2 aromatic heterocycles. The van der Waals surface area contributed by atoms with Crippen molar-refractivity contribution in [2.45, 2.75) is 45.6 Å². The highest BCUT2D eigenvalue weighted by molar-refractivity contribution is 5.77. The molecule has 1 atom stereocenters. The molecule has 0 unspecified atom stereocenters. The van der Waals surface area contributed by atoms with Crippen molar-refractivity contribution in [1.29, 1.82) is 0 Å². The van der Waals surface area contributed by atoms with Crippen LogP contribution in [-0.4, -0.2) is 40.6 Å². The minimum Gasteiger partial charge on any atom is -0.368 e. The van der Waals surface area contributed by atoms with Gasteiger partial charge in [-0.2, -0.15) is 0 Å². The molecular formula is C20H25N3O3. The number of carbonyl (C=O) groups excluding carboxylic acids is 1. The Morgan fingerprint density at radius 1 is 1.35 bits per heavy atom. The molecule has 0 N–H and O–H groups in total. The Morgan fingerprint density at radius 3 is 2.96 bits per heavy atom. The lowest BCUT2D eigenvalue weighted by Gasteiger charge is -2.33. The summed E-state index contributed by atoms with van der Waals surface area (Å²) < 4.78 is 11.3. The van der Waals surface area contributed by atoms with Crippen molar-refractivity contribution < 1.29 is 14.1 Å². The number of hydrogen-bond donors (Lipinski definition) is 0. The Balaban J connectivity index is 1.54. The van der Waals surface area contributed by atoms with Crippen molar-refractivity contribution in [3.8, 4) is 11.3 Å². The number of carbonyl (C=O) groups is 1. The molecule has 2 aliphatic rings. The molecule has 2 fully saturated rings. The highest BCUT2D eigenvalue weighted by Crippen LogP contribution is 2.34. The number of amides is 1. The molecule has 1 saturated carbocycles. The van der Waals surface area contributed by atoms with Gasteiger partial charge in [-0.15, -0.1) is 0 Å². The smallest absolute Gasteiger partial charge is 0.223 e. The summed E-state index contributed by atoms with van der Waals surface area (Å²) in [5.41, 5.74) is 3.52. The van der Waals surface area contributed by atoms with Gasteiger partial charge in [-0.25, -0.2) is 4.98 Å². The Morgan fingerprint density at radius 2 is 2.19 bits per heavy atom. The van der Waals surface area contributed by atoms with E-state index in [1.54, 1.807) is 0 Å². The van der Waals surface area contributed by atoms with Crippen LogP contribution in [0.1, 0.15) is 49.4 Å². The van der Waals surface area contributed by atoms with Crippen LogP contribution >= 0.6 is 0 Å². The molecule has 1 saturated heterocycles. The first-order valence-corrected chi connectivity index (χ1v) is 9.47. The number of aromatic nitrogens is 2. The van der Waals surface area contributed by atoms with E-state index in [0.717, 1.165) is 34.8 Å². The number of morpholine rings is 1. The third kappa shape index (κ3) is 3.51. The van der Waals surface area contributed by atoms with E-state index in [4.69, 9.17) is 14.2 Å². The van der Waals surface area contributed by atoms with E-state index in [1.807, 2.05) is 36.9 Å². The maximum absolute atomic E-state index is 12.4. The second-order valence-corrected chi connectivity index (χ2v) is 7.21. The topological polar surface area (TPSA) is 68.5 Å². The van der Waals surface area contributed by atoms with Gasteiger partial charge in [-0.3, -0.25) is 4.79 Å². The van der Waals surface area contributed by atoms with Crippen LogP contribution in [0.5, 0.6) is 0 Å². The normalized spacial score (nSPS) is 20.4. The summed E-state index contributed by atoms with van der Waals surface area (Å²) >= 11 is 0. The Hall–Kier alpha value is -2.21. The van der Waals surface area contributed by atoms with Gasteiger partial charge in [0, 0.05) is 19.4 Å². The summed E-state index contributed by atoms with van der Waals surface area (Å²) in [5.74, 6) is 1.70. The van der Waals surface area contributed by atoms with Crippen molar-refractivity contribution in [2.24, 2.45) is 5.92 Å². The van der Waals surface area contributed by atoms with Crippen LogP contribution in [0, 0.1) is 12.8 Å². The zero-order valence-corrected chi connectivity index (χ0v) is 15.4. The molecule has 1 aliphatic carbocycles. The minimum atomic E-state index is -0.183. The van der Waals surface area contributed by atoms with E-state index in [9.17, 15) is 4.79 Å². The number of hydrogen-bond acceptors (Lipinski definition) is 5. The number of ether oxygens (including phenoxy) is 1. The van der Waals surface area contributed by atoms with Gasteiger partial charge in [-0.05, 0) is 37.8 Å². The molecule has 1 amide bonds. The SMILES string of the molecule is CCc1onc(C)c1-c1cccc([C@H]2CN(C(=O)CC3CC3)CCO2)n1. The maximum atomic E-state index is 12.4. The first-order chi connectivity index (χ1) is 12.7. The van der Waals surface area contributed by atoms with Crippen LogP contribution in [0.2, 0.25) is 0 Å². The third-order valence-electron chi connectivity index (χ3n) is 5.19. The number of nitrogens with zero attached hydrogens (tertiary/aromatic N) is 3. The van der Waals surface area contributed by atoms with Crippen molar-refractivity contribution in [3.05, 3.63) is 35.3 Å². The molecule has 6 heteroatoms. The van der Waals surface area contributed by atoms with Gasteiger partial charge in [0.15, 0.2) is 0 Å². The van der Waals surface area contributed by atoms with Crippen LogP contribution in [0.25, 0.3) is 11.3 Å². The molecule has 0 bridgehead atoms. The number of pyridine rings is 1. The van der Waals surface area contributed by atoms with Crippen molar-refractivity contribution in [1.82, 2.24) is 15.0 Å². The first-order valence-electron chi connectivity index (χ1n) is 9.47. The quantitative estimate of drug-likeness (QED) is 0.823. The lowest BCUT2D eigenvalue weighted by atomic mass is 10.1. The van der Waals surface area contributed by atoms with E-state index in [2.05, 4.69) is 5.16 Å². The Bertz CT molecular complexity index is 797. The summed E-state index contributed by atoms with van der Waals surface area (Å²) in [5, 5.41) is 4.08. The van der Waals surface area contributed by atoms with Gasteiger partial charge in [-0.1, -0.05) is 18.1 Å². The van der Waals surface area contributed by atoms with Gasteiger partial charge in [0.25, 0.3) is 0 Å². The summed E-state index contributed by atoms with van der Waals surface area (Å²) in [4.78, 5) is 19.2. The molecule has 138 valence electrons. The fraction of sp³-hybridized carbons (Fsp3) is 0.550. The predicted molar refractivity (Wildman–Crippen MR) is 96.5 cm³/mol. The van der Waals surface area contributed by atoms with Gasteiger partial charge >= 0.3 is 0 Å². The van der Waals surface area contributed by atoms with Crippen LogP contribution in [0.4, 0.5) is 0 Å². The van der Waals surface area contributed by atoms with Crippen molar-refractivity contribution in [2.75, 3.05) is 19.7 Å².